The molecule has 0 amide bonds. The van der Waals surface area contributed by atoms with E-state index in [9.17, 15) is 0 Å². The predicted octanol–water partition coefficient (Wildman–Crippen LogP) is 47.6. The molecule has 0 spiro atoms. The molecule has 9 nitrogen and oxygen atoms in total. The fourth-order valence-electron chi connectivity index (χ4n) is 21.5. The molecule has 6 aromatic rings. The van der Waals surface area contributed by atoms with E-state index in [0.717, 1.165) is 135 Å². The number of hydrogen-bond acceptors (Lipinski definition) is 9. The van der Waals surface area contributed by atoms with E-state index >= 15 is 0 Å². The lowest BCUT2D eigenvalue weighted by Crippen LogP contribution is -2.19. The second kappa shape index (κ2) is 82.7. The Kier molecular flexibility index (Phi) is 73.8. The van der Waals surface area contributed by atoms with Crippen LogP contribution in [0.1, 0.15) is 639 Å². The van der Waals surface area contributed by atoms with Gasteiger partial charge in [0.15, 0.2) is 0 Å². The Labute approximate surface area is 919 Å². The molecule has 0 N–H and O–H groups in total. The molecule has 0 bridgehead atoms. The molecule has 0 aliphatic heterocycles. The Bertz CT molecular complexity index is 4050. The molecule has 0 saturated heterocycles. The van der Waals surface area contributed by atoms with E-state index in [1.165, 1.54) is 435 Å². The zero-order valence-electron chi connectivity index (χ0n) is 99.8. The van der Waals surface area contributed by atoms with Gasteiger partial charge < -0.3 is 27.1 Å². The Hall–Kier alpha value is -4.71. The molecular formula is C136H229O9P3. The second-order valence-electron chi connectivity index (χ2n) is 48.1. The summed E-state index contributed by atoms with van der Waals surface area (Å²) in [4.78, 5) is 0. The summed E-state index contributed by atoms with van der Waals surface area (Å²) in [6, 6.07) is 40.7. The summed E-state index contributed by atoms with van der Waals surface area (Å²) < 4.78 is 65.3. The van der Waals surface area contributed by atoms with Crippen molar-refractivity contribution in [3.63, 3.8) is 0 Å². The quantitative estimate of drug-likeness (QED) is 0.0274. The fraction of sp³-hybridized carbons (Fsp3) is 0.735. The van der Waals surface area contributed by atoms with Crippen LogP contribution >= 0.6 is 25.8 Å². The normalized spacial score (nSPS) is 13.1. The summed E-state index contributed by atoms with van der Waals surface area (Å²) in [6.45, 7) is 46.3. The molecule has 148 heavy (non-hydrogen) atoms. The highest BCUT2D eigenvalue weighted by Crippen LogP contribution is 2.54. The molecule has 0 heterocycles. The van der Waals surface area contributed by atoms with Crippen LogP contribution in [0.2, 0.25) is 0 Å². The summed E-state index contributed by atoms with van der Waals surface area (Å²) in [6.07, 6.45) is 93.8. The lowest BCUT2D eigenvalue weighted by Gasteiger charge is -2.33. The van der Waals surface area contributed by atoms with Gasteiger partial charge in [-0.15, -0.1) is 0 Å². The lowest BCUT2D eigenvalue weighted by molar-refractivity contribution is 0.255. The van der Waals surface area contributed by atoms with Gasteiger partial charge in [0, 0.05) is 22.6 Å². The van der Waals surface area contributed by atoms with Crippen LogP contribution in [0.25, 0.3) is 0 Å². The van der Waals surface area contributed by atoms with Crippen LogP contribution in [0.3, 0.4) is 0 Å². The average Bonchev–Trinajstić information content (AvgIpc) is 0.760. The molecule has 4 atom stereocenters. The van der Waals surface area contributed by atoms with Crippen molar-refractivity contribution in [2.75, 3.05) is 19.8 Å². The van der Waals surface area contributed by atoms with Gasteiger partial charge in [-0.1, -0.05) is 588 Å². The van der Waals surface area contributed by atoms with Crippen molar-refractivity contribution in [3.8, 4) is 34.5 Å². The van der Waals surface area contributed by atoms with E-state index in [2.05, 4.69) is 241 Å². The molecule has 0 aliphatic rings. The van der Waals surface area contributed by atoms with Gasteiger partial charge in [0.2, 0.25) is 0 Å². The van der Waals surface area contributed by atoms with Crippen molar-refractivity contribution >= 4 is 25.8 Å². The minimum atomic E-state index is -1.88. The van der Waals surface area contributed by atoms with Crippen molar-refractivity contribution < 1.29 is 40.7 Å². The maximum atomic E-state index is 7.53. The number of aryl methyl sites for hydroxylation is 6. The number of benzene rings is 6. The van der Waals surface area contributed by atoms with Crippen molar-refractivity contribution in [1.29, 1.82) is 0 Å². The SMILES string of the molecule is CCCCCCCCCCCCCCCCCCOP(Oc1ccccc1CCCCCCCCC)Oc1cc(C)c(C(C)CC(c2cc(C(C)(C)C)c(OP(OCCCCCCCCCCCCCCCCCC)Oc3ccccc3CCCCCCCCC)cc2C)c2cc(C(C)(C)C)c(OP(OCCCCCCCCCCCCCCCCCC)Oc3ccccc3CCCCCCCCC)cc2C)cc1C(C)(C)C. The lowest BCUT2D eigenvalue weighted by atomic mass is 9.74. The molecule has 0 fully saturated rings. The number of hydrogen-bond donors (Lipinski definition) is 0. The second-order valence-corrected chi connectivity index (χ2v) is 51.3. The summed E-state index contributed by atoms with van der Waals surface area (Å²) in [5.74, 6) is 5.10. The predicted molar refractivity (Wildman–Crippen MR) is 650 cm³/mol. The fourth-order valence-corrected chi connectivity index (χ4v) is 24.8. The van der Waals surface area contributed by atoms with Crippen LogP contribution in [0.15, 0.2) is 109 Å². The molecule has 0 aromatic heterocycles. The molecule has 0 saturated carbocycles. The molecule has 6 rings (SSSR count). The summed E-state index contributed by atoms with van der Waals surface area (Å²) in [5.41, 5.74) is 13.5. The van der Waals surface area contributed by atoms with Gasteiger partial charge in [0.1, 0.15) is 34.5 Å². The van der Waals surface area contributed by atoms with E-state index in [1.54, 1.807) is 0 Å². The topological polar surface area (TPSA) is 83.1 Å². The van der Waals surface area contributed by atoms with Crippen LogP contribution in [0, 0.1) is 20.8 Å². The minimum absolute atomic E-state index is 0.0741. The van der Waals surface area contributed by atoms with E-state index in [-0.39, 0.29) is 28.1 Å². The van der Waals surface area contributed by atoms with E-state index in [1.807, 2.05) is 0 Å². The minimum Gasteiger partial charge on any atom is -0.417 e. The maximum Gasteiger partial charge on any atom is 0.463 e. The highest BCUT2D eigenvalue weighted by atomic mass is 31.2. The highest BCUT2D eigenvalue weighted by molar-refractivity contribution is 7.43. The average molecular weight is 2100 g/mol. The number of para-hydroxylation sites is 3. The first-order valence-electron chi connectivity index (χ1n) is 63.0. The van der Waals surface area contributed by atoms with Gasteiger partial charge in [-0.25, -0.2) is 0 Å². The third-order valence-corrected chi connectivity index (χ3v) is 34.3. The summed E-state index contributed by atoms with van der Waals surface area (Å²) in [5, 5.41) is 0. The van der Waals surface area contributed by atoms with Crippen LogP contribution in [-0.4, -0.2) is 19.8 Å². The van der Waals surface area contributed by atoms with Crippen LogP contribution in [-0.2, 0) is 49.1 Å². The number of rotatable bonds is 95. The van der Waals surface area contributed by atoms with Crippen molar-refractivity contribution in [2.45, 2.75) is 628 Å². The van der Waals surface area contributed by atoms with Crippen LogP contribution in [0.4, 0.5) is 0 Å². The molecular weight excluding hydrogens is 1870 g/mol. The zero-order chi connectivity index (χ0) is 107. The van der Waals surface area contributed by atoms with Crippen molar-refractivity contribution in [3.05, 3.63) is 176 Å². The summed E-state index contributed by atoms with van der Waals surface area (Å²) >= 11 is 0. The van der Waals surface area contributed by atoms with E-state index < -0.39 is 25.8 Å². The zero-order valence-corrected chi connectivity index (χ0v) is 102. The Morgan fingerprint density at radius 1 is 0.209 bits per heavy atom. The van der Waals surface area contributed by atoms with Crippen molar-refractivity contribution in [1.82, 2.24) is 0 Å². The van der Waals surface area contributed by atoms with Crippen molar-refractivity contribution in [2.24, 2.45) is 0 Å². The Balaban J connectivity index is 1.42. The third kappa shape index (κ3) is 58.4. The van der Waals surface area contributed by atoms with E-state index in [4.69, 9.17) is 40.7 Å². The van der Waals surface area contributed by atoms with Gasteiger partial charge in [0.05, 0.1) is 19.8 Å². The molecule has 4 unspecified atom stereocenters. The largest absolute Gasteiger partial charge is 0.463 e. The smallest absolute Gasteiger partial charge is 0.417 e. The monoisotopic (exact) mass is 2100 g/mol. The van der Waals surface area contributed by atoms with Gasteiger partial charge in [-0.2, -0.15) is 0 Å². The molecule has 6 aromatic carbocycles. The first-order valence-corrected chi connectivity index (χ1v) is 66.3. The van der Waals surface area contributed by atoms with Crippen LogP contribution in [0.5, 0.6) is 34.5 Å². The van der Waals surface area contributed by atoms with Gasteiger partial charge in [0.25, 0.3) is 0 Å². The molecule has 842 valence electrons. The molecule has 0 aliphatic carbocycles. The first kappa shape index (κ1) is 132. The highest BCUT2D eigenvalue weighted by Gasteiger charge is 2.35. The number of unbranched alkanes of at least 4 members (excludes halogenated alkanes) is 63. The van der Waals surface area contributed by atoms with E-state index in [0.29, 0.717) is 19.8 Å². The standard InChI is InChI=1S/C136H229O9P3/c1-20-26-32-38-44-47-50-53-56-59-62-65-68-74-80-92-104-137-146(140-128-101-89-86-98-118(128)95-83-77-71-41-35-29-23-4)143-131-108-115(8)121(111-125(131)134(11,12)13)114(7)107-124(122-112-126(135(14,15)16)132(109-116(122)9)144-147(141-129-102-90-87-99-119(129)96-84-78-72-42-36-30-24-5)138-105-93-81-75-69-66-63-60-57-54-51-48-45-39-33-27-21-2)123-113-127(136(17,18)19)133(110-117(123)10)145-148(142-130-103-91-88-100-120(130)97-85-79-73-43-37-31-25-6)139-106-94-82-76-70-67-64-61-58-55-52-49-46-40-34-28-22-3/h86-91,98-103,108-114,124H,20-85,92-97,104-107H2,1-19H3. The molecule has 0 radical (unpaired) electrons. The van der Waals surface area contributed by atoms with Gasteiger partial charge in [-0.3, -0.25) is 13.6 Å². The molecule has 12 heteroatoms. The Morgan fingerprint density at radius 2 is 0.385 bits per heavy atom. The first-order chi connectivity index (χ1) is 71.9. The Morgan fingerprint density at radius 3 is 0.595 bits per heavy atom. The van der Waals surface area contributed by atoms with Gasteiger partial charge in [-0.05, 0) is 194 Å². The summed E-state index contributed by atoms with van der Waals surface area (Å²) in [7, 11) is -5.60. The van der Waals surface area contributed by atoms with Crippen LogP contribution < -0.4 is 27.1 Å². The third-order valence-electron chi connectivity index (χ3n) is 31.1. The van der Waals surface area contributed by atoms with Gasteiger partial charge >= 0.3 is 25.8 Å². The maximum absolute atomic E-state index is 7.53.